The molecule has 0 radical (unpaired) electrons. The van der Waals surface area contributed by atoms with Crippen LogP contribution in [0.25, 0.3) is 10.2 Å². The number of aryl methyl sites for hydroxylation is 1. The Morgan fingerprint density at radius 2 is 2.06 bits per heavy atom. The predicted molar refractivity (Wildman–Crippen MR) is 106 cm³/mol. The van der Waals surface area contributed by atoms with Crippen molar-refractivity contribution in [2.24, 2.45) is 0 Å². The standard InChI is InChI=1S/C19H15F5N4O2S/c1-9-14-15(29)11(7-25-17(14)31-27-9)16(30)26-13-3-2-10(6-12(13)19(22,23)24)28-5-4-18(20,21)8-28/h2-3,6-7H,4-5,8H2,1H3,(H,25,29)(H,26,30). The summed E-state index contributed by atoms with van der Waals surface area (Å²) < 4.78 is 71.8. The molecule has 0 saturated carbocycles. The van der Waals surface area contributed by atoms with Crippen LogP contribution >= 0.6 is 11.5 Å². The highest BCUT2D eigenvalue weighted by molar-refractivity contribution is 7.12. The Bertz CT molecular complexity index is 1230. The summed E-state index contributed by atoms with van der Waals surface area (Å²) in [6, 6.07) is 2.95. The molecule has 0 spiro atoms. The summed E-state index contributed by atoms with van der Waals surface area (Å²) in [6.07, 6.45) is -4.19. The number of aromatic amines is 1. The largest absolute Gasteiger partial charge is 0.418 e. The van der Waals surface area contributed by atoms with Crippen LogP contribution in [0.3, 0.4) is 0 Å². The molecule has 3 aromatic rings. The number of benzene rings is 1. The molecule has 1 aliphatic heterocycles. The lowest BCUT2D eigenvalue weighted by Gasteiger charge is -2.21. The molecule has 1 aliphatic rings. The summed E-state index contributed by atoms with van der Waals surface area (Å²) in [6.45, 7) is 0.816. The van der Waals surface area contributed by atoms with Gasteiger partial charge in [0.15, 0.2) is 0 Å². The van der Waals surface area contributed by atoms with Crippen LogP contribution in [0.15, 0.2) is 29.2 Å². The van der Waals surface area contributed by atoms with E-state index < -0.39 is 47.7 Å². The van der Waals surface area contributed by atoms with Gasteiger partial charge in [-0.25, -0.2) is 8.78 Å². The average molecular weight is 458 g/mol. The Balaban J connectivity index is 1.68. The van der Waals surface area contributed by atoms with E-state index in [1.807, 2.05) is 0 Å². The van der Waals surface area contributed by atoms with Crippen molar-refractivity contribution in [3.63, 3.8) is 0 Å². The van der Waals surface area contributed by atoms with Crippen LogP contribution in [0.5, 0.6) is 0 Å². The maximum Gasteiger partial charge on any atom is 0.418 e. The number of pyridine rings is 1. The van der Waals surface area contributed by atoms with E-state index >= 15 is 0 Å². The van der Waals surface area contributed by atoms with Crippen LogP contribution in [-0.2, 0) is 6.18 Å². The van der Waals surface area contributed by atoms with E-state index in [4.69, 9.17) is 0 Å². The van der Waals surface area contributed by atoms with E-state index in [0.29, 0.717) is 10.5 Å². The third-order valence-electron chi connectivity index (χ3n) is 5.02. The van der Waals surface area contributed by atoms with Crippen molar-refractivity contribution in [1.82, 2.24) is 9.36 Å². The molecule has 31 heavy (non-hydrogen) atoms. The molecule has 0 bridgehead atoms. The molecule has 2 aromatic heterocycles. The molecular formula is C19H15F5N4O2S. The zero-order chi connectivity index (χ0) is 22.6. The van der Waals surface area contributed by atoms with Crippen LogP contribution in [0, 0.1) is 6.92 Å². The predicted octanol–water partition coefficient (Wildman–Crippen LogP) is 4.41. The fourth-order valence-corrected chi connectivity index (χ4v) is 4.22. The molecule has 12 heteroatoms. The number of carbonyl (C=O) groups excluding carboxylic acids is 1. The number of aromatic nitrogens is 2. The van der Waals surface area contributed by atoms with Crippen LogP contribution < -0.4 is 15.6 Å². The number of nitrogens with zero attached hydrogens (tertiary/aromatic N) is 2. The van der Waals surface area contributed by atoms with Crippen LogP contribution in [0.1, 0.15) is 28.0 Å². The second-order valence-electron chi connectivity index (χ2n) is 7.21. The first-order valence-corrected chi connectivity index (χ1v) is 9.87. The minimum Gasteiger partial charge on any atom is -0.365 e. The van der Waals surface area contributed by atoms with Crippen LogP contribution in [0.4, 0.5) is 33.3 Å². The second-order valence-corrected chi connectivity index (χ2v) is 7.99. The highest BCUT2D eigenvalue weighted by Crippen LogP contribution is 2.39. The Morgan fingerprint density at radius 1 is 1.32 bits per heavy atom. The Kier molecular flexibility index (Phi) is 4.99. The molecule has 1 fully saturated rings. The van der Waals surface area contributed by atoms with E-state index in [9.17, 15) is 31.5 Å². The molecule has 6 nitrogen and oxygen atoms in total. The SMILES string of the molecule is Cc1nsc2[nH]cc(C(=O)Nc3ccc(N4CCC(F)(F)C4)cc3C(F)(F)F)c(=O)c12. The Hall–Kier alpha value is -3.02. The molecule has 0 unspecified atom stereocenters. The Morgan fingerprint density at radius 3 is 2.71 bits per heavy atom. The van der Waals surface area contributed by atoms with Gasteiger partial charge in [0.2, 0.25) is 5.43 Å². The first-order chi connectivity index (χ1) is 14.5. The number of H-pyrrole nitrogens is 1. The first kappa shape index (κ1) is 21.2. The van der Waals surface area contributed by atoms with E-state index in [0.717, 1.165) is 34.8 Å². The van der Waals surface area contributed by atoms with Crippen LogP contribution in [-0.4, -0.2) is 34.3 Å². The van der Waals surface area contributed by atoms with Crippen molar-refractivity contribution in [3.8, 4) is 0 Å². The molecule has 1 aromatic carbocycles. The van der Waals surface area contributed by atoms with Crippen molar-refractivity contribution >= 4 is 39.0 Å². The van der Waals surface area contributed by atoms with Gasteiger partial charge < -0.3 is 15.2 Å². The maximum absolute atomic E-state index is 13.6. The molecule has 3 heterocycles. The van der Waals surface area contributed by atoms with Gasteiger partial charge in [-0.05, 0) is 36.7 Å². The molecule has 0 atom stereocenters. The summed E-state index contributed by atoms with van der Waals surface area (Å²) in [5, 5.41) is 2.32. The van der Waals surface area contributed by atoms with Gasteiger partial charge in [-0.15, -0.1) is 0 Å². The van der Waals surface area contributed by atoms with Gasteiger partial charge in [0.1, 0.15) is 10.4 Å². The average Bonchev–Trinajstić information content (AvgIpc) is 3.24. The number of amides is 1. The fourth-order valence-electron chi connectivity index (χ4n) is 3.46. The lowest BCUT2D eigenvalue weighted by Crippen LogP contribution is -2.26. The third kappa shape index (κ3) is 3.99. The number of rotatable bonds is 3. The molecule has 2 N–H and O–H groups in total. The molecule has 0 aliphatic carbocycles. The van der Waals surface area contributed by atoms with E-state index in [1.165, 1.54) is 6.07 Å². The summed E-state index contributed by atoms with van der Waals surface area (Å²) >= 11 is 1.03. The summed E-state index contributed by atoms with van der Waals surface area (Å²) in [4.78, 5) is 29.5. The summed E-state index contributed by atoms with van der Waals surface area (Å²) in [5.41, 5.74) is -2.42. The van der Waals surface area contributed by atoms with Gasteiger partial charge >= 0.3 is 6.18 Å². The minimum atomic E-state index is -4.86. The topological polar surface area (TPSA) is 78.1 Å². The second kappa shape index (κ2) is 7.29. The monoisotopic (exact) mass is 458 g/mol. The van der Waals surface area contributed by atoms with E-state index in [2.05, 4.69) is 14.7 Å². The van der Waals surface area contributed by atoms with Crippen molar-refractivity contribution in [2.75, 3.05) is 23.3 Å². The minimum absolute atomic E-state index is 0.0262. The maximum atomic E-state index is 13.6. The number of alkyl halides is 5. The zero-order valence-electron chi connectivity index (χ0n) is 15.9. The third-order valence-corrected chi connectivity index (χ3v) is 5.89. The fraction of sp³-hybridized carbons (Fsp3) is 0.316. The summed E-state index contributed by atoms with van der Waals surface area (Å²) in [5.74, 6) is -4.00. The molecule has 1 amide bonds. The number of hydrogen-bond donors (Lipinski definition) is 2. The number of halogens is 5. The quantitative estimate of drug-likeness (QED) is 0.570. The van der Waals surface area contributed by atoms with Gasteiger partial charge in [0.05, 0.1) is 28.9 Å². The summed E-state index contributed by atoms with van der Waals surface area (Å²) in [7, 11) is 0. The highest BCUT2D eigenvalue weighted by atomic mass is 32.1. The lowest BCUT2D eigenvalue weighted by molar-refractivity contribution is -0.136. The lowest BCUT2D eigenvalue weighted by atomic mass is 10.1. The van der Waals surface area contributed by atoms with Gasteiger partial charge in [0.25, 0.3) is 11.8 Å². The van der Waals surface area contributed by atoms with Crippen molar-refractivity contribution in [3.05, 3.63) is 51.4 Å². The van der Waals surface area contributed by atoms with Gasteiger partial charge in [-0.1, -0.05) is 0 Å². The Labute approximate surface area is 175 Å². The number of anilines is 2. The first-order valence-electron chi connectivity index (χ1n) is 9.09. The molecule has 4 rings (SSSR count). The van der Waals surface area contributed by atoms with Gasteiger partial charge in [-0.3, -0.25) is 9.59 Å². The van der Waals surface area contributed by atoms with Crippen molar-refractivity contribution in [2.45, 2.75) is 25.4 Å². The molecule has 164 valence electrons. The number of fused-ring (bicyclic) bond motifs is 1. The number of nitrogens with one attached hydrogen (secondary N) is 2. The smallest absolute Gasteiger partial charge is 0.365 e. The van der Waals surface area contributed by atoms with Crippen molar-refractivity contribution < 1.29 is 26.7 Å². The van der Waals surface area contributed by atoms with Crippen LogP contribution in [0.2, 0.25) is 0 Å². The normalized spacial score (nSPS) is 16.1. The molecule has 1 saturated heterocycles. The number of carbonyl (C=O) groups is 1. The molecular weight excluding hydrogens is 443 g/mol. The highest BCUT2D eigenvalue weighted by Gasteiger charge is 2.40. The van der Waals surface area contributed by atoms with E-state index in [-0.39, 0.29) is 23.2 Å². The van der Waals surface area contributed by atoms with Crippen molar-refractivity contribution in [1.29, 1.82) is 0 Å². The number of hydrogen-bond acceptors (Lipinski definition) is 5. The van der Waals surface area contributed by atoms with Gasteiger partial charge in [-0.2, -0.15) is 17.5 Å². The van der Waals surface area contributed by atoms with E-state index in [1.54, 1.807) is 6.92 Å². The zero-order valence-corrected chi connectivity index (χ0v) is 16.8. The van der Waals surface area contributed by atoms with Gasteiger partial charge in [0, 0.05) is 24.8 Å².